The normalized spacial score (nSPS) is 13.2. The summed E-state index contributed by atoms with van der Waals surface area (Å²) in [5.74, 6) is -0.216. The van der Waals surface area contributed by atoms with Crippen molar-refractivity contribution in [2.45, 2.75) is 39.4 Å². The van der Waals surface area contributed by atoms with Crippen LogP contribution in [0.15, 0.2) is 18.2 Å². The average Bonchev–Trinajstić information content (AvgIpc) is 2.21. The number of carbonyl (C=O) groups is 1. The number of ether oxygens (including phenoxy) is 1. The number of benzene rings is 1. The third-order valence-corrected chi connectivity index (χ3v) is 2.51. The van der Waals surface area contributed by atoms with E-state index in [4.69, 9.17) is 22.1 Å². The number of amides is 1. The second kappa shape index (κ2) is 5.59. The second-order valence-electron chi connectivity index (χ2n) is 5.10. The Labute approximate surface area is 112 Å². The first-order valence-corrected chi connectivity index (χ1v) is 6.10. The van der Waals surface area contributed by atoms with Crippen molar-refractivity contribution in [3.63, 3.8) is 0 Å². The van der Waals surface area contributed by atoms with Crippen LogP contribution in [0.3, 0.4) is 0 Å². The van der Waals surface area contributed by atoms with Crippen LogP contribution in [0.4, 0.5) is 11.4 Å². The zero-order valence-corrected chi connectivity index (χ0v) is 11.8. The van der Waals surface area contributed by atoms with E-state index in [1.807, 2.05) is 20.8 Å². The first-order chi connectivity index (χ1) is 8.19. The van der Waals surface area contributed by atoms with Gasteiger partial charge in [0, 0.05) is 5.69 Å². The summed E-state index contributed by atoms with van der Waals surface area (Å²) in [6, 6.07) is 4.95. The molecule has 0 radical (unpaired) electrons. The van der Waals surface area contributed by atoms with E-state index in [-0.39, 0.29) is 11.5 Å². The Morgan fingerprint density at radius 2 is 2.06 bits per heavy atom. The molecule has 1 unspecified atom stereocenters. The molecule has 0 fully saturated rings. The van der Waals surface area contributed by atoms with Gasteiger partial charge in [-0.15, -0.1) is 0 Å². The highest BCUT2D eigenvalue weighted by molar-refractivity contribution is 6.33. The molecule has 0 bridgehead atoms. The van der Waals surface area contributed by atoms with Crippen molar-refractivity contribution in [3.05, 3.63) is 23.2 Å². The zero-order chi connectivity index (χ0) is 13.9. The minimum Gasteiger partial charge on any atom is -0.397 e. The van der Waals surface area contributed by atoms with Gasteiger partial charge in [-0.1, -0.05) is 11.6 Å². The number of nitrogens with two attached hydrogens (primary N) is 1. The van der Waals surface area contributed by atoms with Crippen LogP contribution in [-0.2, 0) is 9.53 Å². The molecule has 0 spiro atoms. The van der Waals surface area contributed by atoms with E-state index in [0.29, 0.717) is 16.4 Å². The first-order valence-electron chi connectivity index (χ1n) is 5.73. The number of anilines is 2. The second-order valence-corrected chi connectivity index (χ2v) is 5.51. The van der Waals surface area contributed by atoms with Crippen LogP contribution < -0.4 is 11.1 Å². The summed E-state index contributed by atoms with van der Waals surface area (Å²) >= 11 is 5.80. The Hall–Kier alpha value is -1.26. The van der Waals surface area contributed by atoms with E-state index in [1.165, 1.54) is 0 Å². The van der Waals surface area contributed by atoms with Gasteiger partial charge < -0.3 is 15.8 Å². The molecule has 1 atom stereocenters. The van der Waals surface area contributed by atoms with Gasteiger partial charge in [0.05, 0.1) is 16.3 Å². The van der Waals surface area contributed by atoms with Crippen molar-refractivity contribution in [1.82, 2.24) is 0 Å². The highest BCUT2D eigenvalue weighted by Crippen LogP contribution is 2.22. The average molecular weight is 271 g/mol. The van der Waals surface area contributed by atoms with E-state index in [0.717, 1.165) is 0 Å². The summed E-state index contributed by atoms with van der Waals surface area (Å²) in [5, 5.41) is 3.19. The van der Waals surface area contributed by atoms with Gasteiger partial charge in [-0.05, 0) is 45.9 Å². The van der Waals surface area contributed by atoms with Crippen LogP contribution in [0.25, 0.3) is 0 Å². The summed E-state index contributed by atoms with van der Waals surface area (Å²) in [4.78, 5) is 11.9. The van der Waals surface area contributed by atoms with Gasteiger partial charge in [0.1, 0.15) is 6.10 Å². The molecule has 1 aromatic carbocycles. The van der Waals surface area contributed by atoms with Crippen LogP contribution in [0.5, 0.6) is 0 Å². The molecule has 0 aliphatic carbocycles. The third-order valence-electron chi connectivity index (χ3n) is 2.16. The summed E-state index contributed by atoms with van der Waals surface area (Å²) in [6.45, 7) is 7.41. The summed E-state index contributed by atoms with van der Waals surface area (Å²) in [7, 11) is 0. The zero-order valence-electron chi connectivity index (χ0n) is 11.1. The molecule has 1 rings (SSSR count). The Kier molecular flexibility index (Phi) is 4.59. The van der Waals surface area contributed by atoms with Gasteiger partial charge >= 0.3 is 0 Å². The van der Waals surface area contributed by atoms with Crippen LogP contribution in [0.2, 0.25) is 5.02 Å². The monoisotopic (exact) mass is 270 g/mol. The SMILES string of the molecule is CC(OC(C)(C)C)C(=O)Nc1ccc(Cl)c(N)c1. The van der Waals surface area contributed by atoms with E-state index in [9.17, 15) is 4.79 Å². The standard InChI is InChI=1S/C13H19ClN2O2/c1-8(18-13(2,3)4)12(17)16-9-5-6-10(14)11(15)7-9/h5-8H,15H2,1-4H3,(H,16,17). The van der Waals surface area contributed by atoms with Gasteiger partial charge in [0.25, 0.3) is 5.91 Å². The van der Waals surface area contributed by atoms with Gasteiger partial charge in [0.2, 0.25) is 0 Å². The van der Waals surface area contributed by atoms with Crippen LogP contribution in [0.1, 0.15) is 27.7 Å². The number of rotatable bonds is 3. The van der Waals surface area contributed by atoms with Crippen molar-refractivity contribution in [3.8, 4) is 0 Å². The lowest BCUT2D eigenvalue weighted by Crippen LogP contribution is -2.34. The lowest BCUT2D eigenvalue weighted by atomic mass is 10.2. The molecule has 0 heterocycles. The van der Waals surface area contributed by atoms with Gasteiger partial charge in [0.15, 0.2) is 0 Å². The fraction of sp³-hybridized carbons (Fsp3) is 0.462. The van der Waals surface area contributed by atoms with Gasteiger partial charge in [-0.3, -0.25) is 4.79 Å². The number of hydrogen-bond acceptors (Lipinski definition) is 3. The van der Waals surface area contributed by atoms with Crippen molar-refractivity contribution < 1.29 is 9.53 Å². The van der Waals surface area contributed by atoms with Crippen LogP contribution in [0, 0.1) is 0 Å². The molecule has 0 aliphatic heterocycles. The van der Waals surface area contributed by atoms with Crippen molar-refractivity contribution in [2.75, 3.05) is 11.1 Å². The van der Waals surface area contributed by atoms with Gasteiger partial charge in [-0.25, -0.2) is 0 Å². The Balaban J connectivity index is 2.67. The molecule has 0 aromatic heterocycles. The number of nitrogen functional groups attached to an aromatic ring is 1. The fourth-order valence-electron chi connectivity index (χ4n) is 1.45. The predicted molar refractivity (Wildman–Crippen MR) is 74.8 cm³/mol. The van der Waals surface area contributed by atoms with E-state index < -0.39 is 6.10 Å². The molecule has 1 amide bonds. The maximum Gasteiger partial charge on any atom is 0.253 e. The Morgan fingerprint density at radius 3 is 2.56 bits per heavy atom. The highest BCUT2D eigenvalue weighted by atomic mass is 35.5. The largest absolute Gasteiger partial charge is 0.397 e. The highest BCUT2D eigenvalue weighted by Gasteiger charge is 2.21. The molecule has 5 heteroatoms. The quantitative estimate of drug-likeness (QED) is 0.830. The lowest BCUT2D eigenvalue weighted by molar-refractivity contribution is -0.135. The summed E-state index contributed by atoms with van der Waals surface area (Å²) in [5.41, 5.74) is 6.33. The van der Waals surface area contributed by atoms with E-state index in [1.54, 1.807) is 25.1 Å². The first kappa shape index (κ1) is 14.8. The van der Waals surface area contributed by atoms with Crippen molar-refractivity contribution >= 4 is 28.9 Å². The lowest BCUT2D eigenvalue weighted by Gasteiger charge is -2.24. The molecule has 4 nitrogen and oxygen atoms in total. The maximum absolute atomic E-state index is 11.9. The molecular formula is C13H19ClN2O2. The number of hydrogen-bond donors (Lipinski definition) is 2. The molecule has 3 N–H and O–H groups in total. The van der Waals surface area contributed by atoms with Crippen molar-refractivity contribution in [1.29, 1.82) is 0 Å². The third kappa shape index (κ3) is 4.55. The molecule has 100 valence electrons. The fourth-order valence-corrected chi connectivity index (χ4v) is 1.57. The summed E-state index contributed by atoms with van der Waals surface area (Å²) in [6.07, 6.45) is -0.540. The van der Waals surface area contributed by atoms with E-state index >= 15 is 0 Å². The summed E-state index contributed by atoms with van der Waals surface area (Å²) < 4.78 is 5.56. The predicted octanol–water partition coefficient (Wildman–Crippen LogP) is 3.06. The molecule has 18 heavy (non-hydrogen) atoms. The van der Waals surface area contributed by atoms with Crippen LogP contribution in [-0.4, -0.2) is 17.6 Å². The topological polar surface area (TPSA) is 64.3 Å². The van der Waals surface area contributed by atoms with E-state index in [2.05, 4.69) is 5.32 Å². The molecule has 0 saturated carbocycles. The Morgan fingerprint density at radius 1 is 1.44 bits per heavy atom. The minimum absolute atomic E-state index is 0.216. The number of halogens is 1. The molecule has 0 aliphatic rings. The van der Waals surface area contributed by atoms with Crippen LogP contribution >= 0.6 is 11.6 Å². The molecular weight excluding hydrogens is 252 g/mol. The number of carbonyl (C=O) groups excluding carboxylic acids is 1. The van der Waals surface area contributed by atoms with Gasteiger partial charge in [-0.2, -0.15) is 0 Å². The maximum atomic E-state index is 11.9. The molecule has 0 saturated heterocycles. The Bertz CT molecular complexity index is 441. The minimum atomic E-state index is -0.540. The smallest absolute Gasteiger partial charge is 0.253 e. The number of nitrogens with one attached hydrogen (secondary N) is 1. The molecule has 1 aromatic rings. The van der Waals surface area contributed by atoms with Crippen molar-refractivity contribution in [2.24, 2.45) is 0 Å².